The Hall–Kier alpha value is -2.30. The number of anilines is 1. The van der Waals surface area contributed by atoms with E-state index in [4.69, 9.17) is 4.74 Å². The van der Waals surface area contributed by atoms with Crippen molar-refractivity contribution in [1.29, 1.82) is 0 Å². The zero-order valence-electron chi connectivity index (χ0n) is 13.7. The summed E-state index contributed by atoms with van der Waals surface area (Å²) in [5, 5.41) is 2.81. The maximum Gasteiger partial charge on any atom is 0.244 e. The van der Waals surface area contributed by atoms with Gasteiger partial charge < -0.3 is 15.0 Å². The molecule has 1 aliphatic rings. The highest BCUT2D eigenvalue weighted by atomic mass is 16.5. The van der Waals surface area contributed by atoms with Crippen molar-refractivity contribution in [2.45, 2.75) is 26.2 Å². The van der Waals surface area contributed by atoms with Crippen molar-refractivity contribution in [3.63, 3.8) is 0 Å². The highest BCUT2D eigenvalue weighted by molar-refractivity contribution is 5.96. The lowest BCUT2D eigenvalue weighted by Gasteiger charge is -2.26. The number of para-hydroxylation sites is 2. The molecule has 0 spiro atoms. The van der Waals surface area contributed by atoms with Crippen LogP contribution in [0.25, 0.3) is 0 Å². The van der Waals surface area contributed by atoms with E-state index in [-0.39, 0.29) is 24.3 Å². The zero-order chi connectivity index (χ0) is 16.7. The van der Waals surface area contributed by atoms with E-state index < -0.39 is 0 Å². The predicted molar refractivity (Wildman–Crippen MR) is 90.4 cm³/mol. The Kier molecular flexibility index (Phi) is 6.20. The maximum absolute atomic E-state index is 12.5. The van der Waals surface area contributed by atoms with Crippen LogP contribution in [-0.4, -0.2) is 36.9 Å². The Labute approximate surface area is 137 Å². The van der Waals surface area contributed by atoms with Crippen molar-refractivity contribution in [3.8, 4) is 5.75 Å². The molecule has 2 rings (SSSR count). The van der Waals surface area contributed by atoms with E-state index in [0.717, 1.165) is 19.3 Å². The average Bonchev–Trinajstić information content (AvgIpc) is 2.60. The summed E-state index contributed by atoms with van der Waals surface area (Å²) in [6.07, 6.45) is 6.72. The number of benzene rings is 1. The molecule has 0 aliphatic heterocycles. The van der Waals surface area contributed by atoms with Gasteiger partial charge in [-0.15, -0.1) is 0 Å². The molecular formula is C18H24N2O3. The van der Waals surface area contributed by atoms with Crippen molar-refractivity contribution in [1.82, 2.24) is 4.90 Å². The summed E-state index contributed by atoms with van der Waals surface area (Å²) in [5.41, 5.74) is 0.615. The van der Waals surface area contributed by atoms with Crippen LogP contribution in [0.3, 0.4) is 0 Å². The molecule has 1 N–H and O–H groups in total. The van der Waals surface area contributed by atoms with E-state index in [1.807, 2.05) is 19.1 Å². The molecule has 0 fully saturated rings. The van der Waals surface area contributed by atoms with Crippen LogP contribution >= 0.6 is 0 Å². The van der Waals surface area contributed by atoms with Crippen LogP contribution in [-0.2, 0) is 9.59 Å². The number of rotatable bonds is 6. The third-order valence-electron chi connectivity index (χ3n) is 4.03. The number of amides is 2. The molecule has 0 saturated heterocycles. The second-order valence-electron chi connectivity index (χ2n) is 5.58. The van der Waals surface area contributed by atoms with E-state index in [2.05, 4.69) is 17.5 Å². The molecular weight excluding hydrogens is 292 g/mol. The molecule has 1 atom stereocenters. The molecule has 1 aromatic carbocycles. The molecule has 23 heavy (non-hydrogen) atoms. The van der Waals surface area contributed by atoms with Gasteiger partial charge in [-0.25, -0.2) is 0 Å². The van der Waals surface area contributed by atoms with E-state index in [1.54, 1.807) is 24.1 Å². The van der Waals surface area contributed by atoms with E-state index in [1.165, 1.54) is 0 Å². The molecule has 1 unspecified atom stereocenters. The minimum Gasteiger partial charge on any atom is -0.495 e. The normalized spacial score (nSPS) is 16.7. The SMILES string of the molecule is CCN(CC(=O)Nc1ccccc1OC)C(=O)C1CC=CCC1. The fourth-order valence-corrected chi connectivity index (χ4v) is 2.73. The first-order valence-electron chi connectivity index (χ1n) is 8.02. The Morgan fingerprint density at radius 3 is 2.74 bits per heavy atom. The number of carbonyl (C=O) groups is 2. The minimum absolute atomic E-state index is 0.000915. The van der Waals surface area contributed by atoms with Crippen LogP contribution in [0.1, 0.15) is 26.2 Å². The number of allylic oxidation sites excluding steroid dienone is 2. The van der Waals surface area contributed by atoms with Gasteiger partial charge in [-0.05, 0) is 38.3 Å². The van der Waals surface area contributed by atoms with Gasteiger partial charge >= 0.3 is 0 Å². The van der Waals surface area contributed by atoms with Crippen molar-refractivity contribution in [2.75, 3.05) is 25.5 Å². The summed E-state index contributed by atoms with van der Waals surface area (Å²) in [7, 11) is 1.56. The van der Waals surface area contributed by atoms with E-state index in [9.17, 15) is 9.59 Å². The molecule has 0 saturated carbocycles. The topological polar surface area (TPSA) is 58.6 Å². The summed E-state index contributed by atoms with van der Waals surface area (Å²) in [5.74, 6) is 0.453. The number of methoxy groups -OCH3 is 1. The number of nitrogens with one attached hydrogen (secondary N) is 1. The molecule has 2 amide bonds. The van der Waals surface area contributed by atoms with Crippen LogP contribution in [0.2, 0.25) is 0 Å². The standard InChI is InChI=1S/C18H24N2O3/c1-3-20(18(22)14-9-5-4-6-10-14)13-17(21)19-15-11-7-8-12-16(15)23-2/h4-5,7-8,11-12,14H,3,6,9-10,13H2,1-2H3,(H,19,21). The zero-order valence-corrected chi connectivity index (χ0v) is 13.7. The molecule has 1 aromatic rings. The molecule has 0 radical (unpaired) electrons. The first-order chi connectivity index (χ1) is 11.2. The largest absolute Gasteiger partial charge is 0.495 e. The highest BCUT2D eigenvalue weighted by Gasteiger charge is 2.25. The number of carbonyl (C=O) groups excluding carboxylic acids is 2. The Balaban J connectivity index is 1.96. The van der Waals surface area contributed by atoms with Gasteiger partial charge in [-0.3, -0.25) is 9.59 Å². The molecule has 1 aliphatic carbocycles. The molecule has 0 aromatic heterocycles. The lowest BCUT2D eigenvalue weighted by Crippen LogP contribution is -2.41. The molecule has 5 nitrogen and oxygen atoms in total. The van der Waals surface area contributed by atoms with E-state index >= 15 is 0 Å². The van der Waals surface area contributed by atoms with Crippen LogP contribution in [0.4, 0.5) is 5.69 Å². The van der Waals surface area contributed by atoms with Crippen molar-refractivity contribution < 1.29 is 14.3 Å². The number of likely N-dealkylation sites (N-methyl/N-ethyl adjacent to an activating group) is 1. The van der Waals surface area contributed by atoms with Crippen molar-refractivity contribution in [2.24, 2.45) is 5.92 Å². The average molecular weight is 316 g/mol. The summed E-state index contributed by atoms with van der Waals surface area (Å²) >= 11 is 0. The smallest absolute Gasteiger partial charge is 0.244 e. The van der Waals surface area contributed by atoms with Gasteiger partial charge in [0, 0.05) is 12.5 Å². The molecule has 0 bridgehead atoms. The Bertz CT molecular complexity index is 583. The maximum atomic E-state index is 12.5. The van der Waals surface area contributed by atoms with Gasteiger partial charge in [0.05, 0.1) is 19.3 Å². The quantitative estimate of drug-likeness (QED) is 0.821. The molecule has 124 valence electrons. The number of hydrogen-bond donors (Lipinski definition) is 1. The first kappa shape index (κ1) is 17.1. The van der Waals surface area contributed by atoms with Gasteiger partial charge in [0.25, 0.3) is 0 Å². The predicted octanol–water partition coefficient (Wildman–Crippen LogP) is 2.84. The summed E-state index contributed by atoms with van der Waals surface area (Å²) in [6, 6.07) is 7.23. The minimum atomic E-state index is -0.212. The van der Waals surface area contributed by atoms with Gasteiger partial charge in [0.1, 0.15) is 5.75 Å². The lowest BCUT2D eigenvalue weighted by atomic mass is 9.93. The van der Waals surface area contributed by atoms with Crippen LogP contribution in [0.5, 0.6) is 5.75 Å². The third kappa shape index (κ3) is 4.58. The highest BCUT2D eigenvalue weighted by Crippen LogP contribution is 2.23. The second kappa shape index (κ2) is 8.36. The van der Waals surface area contributed by atoms with Crippen LogP contribution < -0.4 is 10.1 Å². The Morgan fingerprint density at radius 1 is 1.30 bits per heavy atom. The number of nitrogens with zero attached hydrogens (tertiary/aromatic N) is 1. The van der Waals surface area contributed by atoms with E-state index in [0.29, 0.717) is 18.0 Å². The second-order valence-corrected chi connectivity index (χ2v) is 5.58. The summed E-state index contributed by atoms with van der Waals surface area (Å²) < 4.78 is 5.22. The Morgan fingerprint density at radius 2 is 2.09 bits per heavy atom. The van der Waals surface area contributed by atoms with Crippen molar-refractivity contribution >= 4 is 17.5 Å². The number of hydrogen-bond acceptors (Lipinski definition) is 3. The summed E-state index contributed by atoms with van der Waals surface area (Å²) in [6.45, 7) is 2.49. The van der Waals surface area contributed by atoms with Gasteiger partial charge in [0.15, 0.2) is 0 Å². The number of ether oxygens (including phenoxy) is 1. The fraction of sp³-hybridized carbons (Fsp3) is 0.444. The van der Waals surface area contributed by atoms with Crippen molar-refractivity contribution in [3.05, 3.63) is 36.4 Å². The molecule has 0 heterocycles. The lowest BCUT2D eigenvalue weighted by molar-refractivity contribution is -0.138. The van der Waals surface area contributed by atoms with Gasteiger partial charge in [0.2, 0.25) is 11.8 Å². The third-order valence-corrected chi connectivity index (χ3v) is 4.03. The summed E-state index contributed by atoms with van der Waals surface area (Å²) in [4.78, 5) is 26.4. The monoisotopic (exact) mass is 316 g/mol. The fourth-order valence-electron chi connectivity index (χ4n) is 2.73. The van der Waals surface area contributed by atoms with Crippen LogP contribution in [0, 0.1) is 5.92 Å². The van der Waals surface area contributed by atoms with Gasteiger partial charge in [-0.1, -0.05) is 24.3 Å². The molecule has 5 heteroatoms. The first-order valence-corrected chi connectivity index (χ1v) is 8.02. The van der Waals surface area contributed by atoms with Crippen LogP contribution in [0.15, 0.2) is 36.4 Å². The van der Waals surface area contributed by atoms with Gasteiger partial charge in [-0.2, -0.15) is 0 Å².